The van der Waals surface area contributed by atoms with Crippen LogP contribution in [-0.2, 0) is 4.79 Å². The van der Waals surface area contributed by atoms with Gasteiger partial charge in [-0.05, 0) is 64.2 Å². The Labute approximate surface area is 424 Å². The van der Waals surface area contributed by atoms with Crippen molar-refractivity contribution in [1.29, 1.82) is 0 Å². The molecule has 0 aliphatic heterocycles. The Kier molecular flexibility index (Phi) is 55.2. The molecule has 1 amide bonds. The van der Waals surface area contributed by atoms with Gasteiger partial charge in [0.1, 0.15) is 12.2 Å². The van der Waals surface area contributed by atoms with Crippen LogP contribution in [0.1, 0.15) is 322 Å². The summed E-state index contributed by atoms with van der Waals surface area (Å²) in [6.45, 7) is 4.08. The molecule has 0 saturated carbocycles. The zero-order valence-corrected chi connectivity index (χ0v) is 45.6. The van der Waals surface area contributed by atoms with Crippen LogP contribution in [-0.4, -0.2) is 57.3 Å². The van der Waals surface area contributed by atoms with E-state index in [1.54, 1.807) is 0 Å². The number of rotatable bonds is 56. The number of allylic oxidation sites excluding steroid dienone is 6. The topological polar surface area (TPSA) is 110 Å². The van der Waals surface area contributed by atoms with Crippen LogP contribution < -0.4 is 5.32 Å². The average molecular weight is 959 g/mol. The van der Waals surface area contributed by atoms with E-state index in [0.717, 1.165) is 51.4 Å². The van der Waals surface area contributed by atoms with E-state index in [1.807, 2.05) is 0 Å². The van der Waals surface area contributed by atoms with Crippen molar-refractivity contribution in [3.8, 4) is 0 Å². The fourth-order valence-corrected chi connectivity index (χ4v) is 9.56. The van der Waals surface area contributed by atoms with Gasteiger partial charge in [0, 0.05) is 0 Å². The Balaban J connectivity index is 3.67. The summed E-state index contributed by atoms with van der Waals surface area (Å²) in [5.74, 6) is -0.594. The van der Waals surface area contributed by atoms with Crippen LogP contribution in [0.2, 0.25) is 0 Å². The maximum atomic E-state index is 12.6. The Morgan fingerprint density at radius 3 is 0.926 bits per heavy atom. The number of carbonyl (C=O) groups excluding carboxylic acids is 1. The van der Waals surface area contributed by atoms with Gasteiger partial charge in [0.2, 0.25) is 5.91 Å². The molecule has 5 N–H and O–H groups in total. The summed E-state index contributed by atoms with van der Waals surface area (Å²) in [6.07, 6.45) is 70.9. The lowest BCUT2D eigenvalue weighted by Gasteiger charge is -2.27. The molecule has 0 saturated heterocycles. The molecule has 0 fully saturated rings. The minimum absolute atomic E-state index is 0.362. The number of hydrogen-bond acceptors (Lipinski definition) is 5. The van der Waals surface area contributed by atoms with Gasteiger partial charge in [-0.2, -0.15) is 0 Å². The summed E-state index contributed by atoms with van der Waals surface area (Å²) in [5, 5.41) is 44.0. The third-order valence-electron chi connectivity index (χ3n) is 14.3. The predicted molar refractivity (Wildman–Crippen MR) is 297 cm³/mol. The first-order chi connectivity index (χ1) is 33.5. The van der Waals surface area contributed by atoms with Crippen LogP contribution in [0.4, 0.5) is 0 Å². The van der Waals surface area contributed by atoms with E-state index in [4.69, 9.17) is 0 Å². The van der Waals surface area contributed by atoms with Crippen LogP contribution in [0.5, 0.6) is 0 Å². The van der Waals surface area contributed by atoms with E-state index in [0.29, 0.717) is 19.3 Å². The van der Waals surface area contributed by atoms with Gasteiger partial charge in [0.05, 0.1) is 18.8 Å². The van der Waals surface area contributed by atoms with Gasteiger partial charge in [-0.15, -0.1) is 0 Å². The molecule has 402 valence electrons. The highest BCUT2D eigenvalue weighted by Gasteiger charge is 2.28. The molecule has 4 atom stereocenters. The summed E-state index contributed by atoms with van der Waals surface area (Å²) in [4.78, 5) is 12.6. The van der Waals surface area contributed by atoms with Gasteiger partial charge in [-0.3, -0.25) is 4.79 Å². The third kappa shape index (κ3) is 49.5. The fourth-order valence-electron chi connectivity index (χ4n) is 9.56. The second-order valence-corrected chi connectivity index (χ2v) is 21.0. The predicted octanol–water partition coefficient (Wildman–Crippen LogP) is 18.0. The first-order valence-corrected chi connectivity index (χ1v) is 30.4. The van der Waals surface area contributed by atoms with Crippen molar-refractivity contribution in [2.24, 2.45) is 0 Å². The van der Waals surface area contributed by atoms with Crippen LogP contribution in [0.3, 0.4) is 0 Å². The van der Waals surface area contributed by atoms with E-state index in [2.05, 4.69) is 55.6 Å². The zero-order chi connectivity index (χ0) is 49.5. The van der Waals surface area contributed by atoms with Crippen molar-refractivity contribution < 1.29 is 25.2 Å². The molecule has 0 aromatic carbocycles. The second kappa shape index (κ2) is 56.4. The van der Waals surface area contributed by atoms with Crippen LogP contribution in [0.25, 0.3) is 0 Å². The third-order valence-corrected chi connectivity index (χ3v) is 14.3. The number of unbranched alkanes of at least 4 members (excludes halogenated alkanes) is 41. The molecule has 0 radical (unpaired) electrons. The molecule has 0 heterocycles. The molecule has 68 heavy (non-hydrogen) atoms. The van der Waals surface area contributed by atoms with Crippen LogP contribution in [0.15, 0.2) is 36.5 Å². The second-order valence-electron chi connectivity index (χ2n) is 21.0. The van der Waals surface area contributed by atoms with Crippen molar-refractivity contribution in [3.63, 3.8) is 0 Å². The fraction of sp³-hybridized carbons (Fsp3) is 0.887. The first-order valence-electron chi connectivity index (χ1n) is 30.4. The van der Waals surface area contributed by atoms with Crippen LogP contribution in [0, 0.1) is 0 Å². The van der Waals surface area contributed by atoms with Gasteiger partial charge < -0.3 is 25.7 Å². The molecule has 6 heteroatoms. The number of carbonyl (C=O) groups is 1. The average Bonchev–Trinajstić information content (AvgIpc) is 3.34. The lowest BCUT2D eigenvalue weighted by Crippen LogP contribution is -2.53. The highest BCUT2D eigenvalue weighted by Crippen LogP contribution is 2.18. The lowest BCUT2D eigenvalue weighted by atomic mass is 10.00. The molecule has 0 aliphatic rings. The molecule has 0 spiro atoms. The smallest absolute Gasteiger partial charge is 0.249 e. The molecule has 0 aliphatic carbocycles. The summed E-state index contributed by atoms with van der Waals surface area (Å²) >= 11 is 0. The van der Waals surface area contributed by atoms with Gasteiger partial charge in [-0.25, -0.2) is 0 Å². The standard InChI is InChI=1S/C62H119NO5/c1-3-5-7-9-11-13-15-17-19-21-23-25-27-28-29-30-31-32-34-35-37-39-41-43-45-47-49-51-53-55-59(65)61(67)58(57-64)63-62(68)60(66)56-54-52-50-48-46-44-42-40-38-36-33-26-24-22-20-18-16-14-12-10-8-6-4-2/h32,34,39,41,47,49,58-61,64-67H,3-31,33,35-38,40,42-46,48,50-57H2,1-2H3,(H,63,68)/b34-32+,41-39+,49-47+. The van der Waals surface area contributed by atoms with E-state index >= 15 is 0 Å². The van der Waals surface area contributed by atoms with E-state index in [1.165, 1.54) is 238 Å². The first kappa shape index (κ1) is 66.5. The van der Waals surface area contributed by atoms with Crippen molar-refractivity contribution in [3.05, 3.63) is 36.5 Å². The Bertz CT molecular complexity index is 1080. The Hall–Kier alpha value is -1.47. The molecule has 0 rings (SSSR count). The minimum atomic E-state index is -1.29. The number of amides is 1. The van der Waals surface area contributed by atoms with Crippen molar-refractivity contribution in [2.45, 2.75) is 346 Å². The molecular weight excluding hydrogens is 839 g/mol. The van der Waals surface area contributed by atoms with Crippen molar-refractivity contribution >= 4 is 5.91 Å². The number of aliphatic hydroxyl groups excluding tert-OH is 4. The van der Waals surface area contributed by atoms with Gasteiger partial charge >= 0.3 is 0 Å². The highest BCUT2D eigenvalue weighted by molar-refractivity contribution is 5.80. The lowest BCUT2D eigenvalue weighted by molar-refractivity contribution is -0.132. The largest absolute Gasteiger partial charge is 0.394 e. The maximum absolute atomic E-state index is 12.6. The SMILES string of the molecule is CCCCCCCCCCCCCCCCCC/C=C/CC/C=C/CC/C=C/CCCC(O)C(O)C(CO)NC(=O)C(O)CCCCCCCCCCCCCCCCCCCCCCCCC. The molecule has 0 aromatic heterocycles. The summed E-state index contributed by atoms with van der Waals surface area (Å²) < 4.78 is 0. The van der Waals surface area contributed by atoms with Gasteiger partial charge in [0.25, 0.3) is 0 Å². The molecule has 4 unspecified atom stereocenters. The monoisotopic (exact) mass is 958 g/mol. The van der Waals surface area contributed by atoms with E-state index in [-0.39, 0.29) is 0 Å². The molecule has 6 nitrogen and oxygen atoms in total. The highest BCUT2D eigenvalue weighted by atomic mass is 16.3. The maximum Gasteiger partial charge on any atom is 0.249 e. The number of hydrogen-bond donors (Lipinski definition) is 5. The Morgan fingerprint density at radius 2 is 0.618 bits per heavy atom. The number of aliphatic hydroxyl groups is 4. The minimum Gasteiger partial charge on any atom is -0.394 e. The van der Waals surface area contributed by atoms with Crippen LogP contribution >= 0.6 is 0 Å². The van der Waals surface area contributed by atoms with Gasteiger partial charge in [-0.1, -0.05) is 294 Å². The normalized spacial score (nSPS) is 13.9. The van der Waals surface area contributed by atoms with Crippen molar-refractivity contribution in [2.75, 3.05) is 6.61 Å². The molecule has 0 aromatic rings. The number of nitrogens with one attached hydrogen (secondary N) is 1. The zero-order valence-electron chi connectivity index (χ0n) is 45.6. The van der Waals surface area contributed by atoms with Crippen molar-refractivity contribution in [1.82, 2.24) is 5.32 Å². The molecular formula is C62H119NO5. The van der Waals surface area contributed by atoms with E-state index < -0.39 is 36.9 Å². The summed E-state index contributed by atoms with van der Waals surface area (Å²) in [6, 6.07) is -1.01. The Morgan fingerprint density at radius 1 is 0.353 bits per heavy atom. The molecule has 0 bridgehead atoms. The van der Waals surface area contributed by atoms with E-state index in [9.17, 15) is 25.2 Å². The van der Waals surface area contributed by atoms with Gasteiger partial charge in [0.15, 0.2) is 0 Å². The summed E-state index contributed by atoms with van der Waals surface area (Å²) in [5.41, 5.74) is 0. The summed E-state index contributed by atoms with van der Waals surface area (Å²) in [7, 11) is 0. The quantitative estimate of drug-likeness (QED) is 0.0308.